The van der Waals surface area contributed by atoms with E-state index in [4.69, 9.17) is 4.74 Å². The lowest BCUT2D eigenvalue weighted by molar-refractivity contribution is -0.125. The van der Waals surface area contributed by atoms with Crippen LogP contribution in [0.2, 0.25) is 0 Å². The predicted octanol–water partition coefficient (Wildman–Crippen LogP) is 3.86. The molecule has 166 valence electrons. The topological polar surface area (TPSA) is 44.8 Å². The third-order valence-electron chi connectivity index (χ3n) is 6.47. The number of amides is 1. The fraction of sp³-hybridized carbons (Fsp3) is 0.480. The third kappa shape index (κ3) is 4.63. The molecule has 5 nitrogen and oxygen atoms in total. The molecule has 1 N–H and O–H groups in total. The number of nitrogens with zero attached hydrogens (tertiary/aromatic N) is 2. The van der Waals surface area contributed by atoms with Gasteiger partial charge < -0.3 is 19.9 Å². The molecule has 0 unspecified atom stereocenters. The average Bonchev–Trinajstić information content (AvgIpc) is 2.78. The Morgan fingerprint density at radius 1 is 1.19 bits per heavy atom. The van der Waals surface area contributed by atoms with E-state index in [-0.39, 0.29) is 23.7 Å². The van der Waals surface area contributed by atoms with Gasteiger partial charge in [0.05, 0.1) is 19.1 Å². The van der Waals surface area contributed by atoms with Crippen molar-refractivity contribution in [1.82, 2.24) is 5.32 Å². The normalized spacial score (nSPS) is 20.3. The highest BCUT2D eigenvalue weighted by Gasteiger charge is 2.41. The second-order valence-corrected chi connectivity index (χ2v) is 8.96. The van der Waals surface area contributed by atoms with Crippen LogP contribution < -0.4 is 19.9 Å². The molecule has 0 aliphatic carbocycles. The largest absolute Gasteiger partial charge is 0.497 e. The van der Waals surface area contributed by atoms with Crippen LogP contribution in [0.4, 0.5) is 15.8 Å². The van der Waals surface area contributed by atoms with Crippen LogP contribution >= 0.6 is 0 Å². The second-order valence-electron chi connectivity index (χ2n) is 8.96. The summed E-state index contributed by atoms with van der Waals surface area (Å²) in [7, 11) is 1.68. The molecule has 31 heavy (non-hydrogen) atoms. The minimum absolute atomic E-state index is 0.0532. The highest BCUT2D eigenvalue weighted by Crippen LogP contribution is 2.39. The standard InChI is InChI=1S/C25H32FN3O2/c1-17(2)10-11-27-25(30)22-14-18-4-9-21(31-3)15-23(18)29-13-12-28(16-24(22)29)20-7-5-19(26)6-8-20/h4-9,15,17,22,24H,10-14,16H2,1-3H3,(H,27,30)/t22-,24-/m0/s1. The molecule has 2 aromatic rings. The summed E-state index contributed by atoms with van der Waals surface area (Å²) in [5.74, 6) is 1.15. The first-order valence-electron chi connectivity index (χ1n) is 11.2. The van der Waals surface area contributed by atoms with Crippen molar-refractivity contribution in [3.05, 3.63) is 53.8 Å². The molecule has 1 fully saturated rings. The summed E-state index contributed by atoms with van der Waals surface area (Å²) < 4.78 is 18.9. The van der Waals surface area contributed by atoms with Gasteiger partial charge in [0.2, 0.25) is 5.91 Å². The number of nitrogens with one attached hydrogen (secondary N) is 1. The first-order chi connectivity index (χ1) is 15.0. The van der Waals surface area contributed by atoms with Crippen molar-refractivity contribution in [3.63, 3.8) is 0 Å². The highest BCUT2D eigenvalue weighted by atomic mass is 19.1. The van der Waals surface area contributed by atoms with Crippen LogP contribution in [0, 0.1) is 17.7 Å². The molecule has 0 saturated carbocycles. The molecular formula is C25H32FN3O2. The van der Waals surface area contributed by atoms with E-state index in [1.807, 2.05) is 18.2 Å². The summed E-state index contributed by atoms with van der Waals surface area (Å²) in [6, 6.07) is 12.8. The van der Waals surface area contributed by atoms with Gasteiger partial charge in [-0.05, 0) is 54.7 Å². The summed E-state index contributed by atoms with van der Waals surface area (Å²) in [6.07, 6.45) is 1.69. The number of carbonyl (C=O) groups is 1. The maximum Gasteiger partial charge on any atom is 0.225 e. The van der Waals surface area contributed by atoms with Crippen LogP contribution in [0.3, 0.4) is 0 Å². The van der Waals surface area contributed by atoms with E-state index in [2.05, 4.69) is 41.1 Å². The summed E-state index contributed by atoms with van der Waals surface area (Å²) >= 11 is 0. The van der Waals surface area contributed by atoms with Crippen molar-refractivity contribution in [2.24, 2.45) is 11.8 Å². The van der Waals surface area contributed by atoms with Gasteiger partial charge in [-0.25, -0.2) is 4.39 Å². The number of hydrogen-bond acceptors (Lipinski definition) is 4. The quantitative estimate of drug-likeness (QED) is 0.763. The molecule has 0 bridgehead atoms. The van der Waals surface area contributed by atoms with Gasteiger partial charge in [0.25, 0.3) is 0 Å². The van der Waals surface area contributed by atoms with Gasteiger partial charge in [-0.3, -0.25) is 4.79 Å². The van der Waals surface area contributed by atoms with Gasteiger partial charge in [0, 0.05) is 43.6 Å². The van der Waals surface area contributed by atoms with Gasteiger partial charge in [0.1, 0.15) is 11.6 Å². The first-order valence-corrected chi connectivity index (χ1v) is 11.2. The van der Waals surface area contributed by atoms with Crippen LogP contribution in [0.25, 0.3) is 0 Å². The number of rotatable bonds is 6. The Morgan fingerprint density at radius 2 is 1.97 bits per heavy atom. The minimum Gasteiger partial charge on any atom is -0.497 e. The molecule has 4 rings (SSSR count). The molecule has 0 spiro atoms. The van der Waals surface area contributed by atoms with Crippen molar-refractivity contribution < 1.29 is 13.9 Å². The van der Waals surface area contributed by atoms with E-state index in [9.17, 15) is 9.18 Å². The highest BCUT2D eigenvalue weighted by molar-refractivity contribution is 5.82. The molecule has 0 radical (unpaired) electrons. The molecule has 2 heterocycles. The average molecular weight is 426 g/mol. The number of carbonyl (C=O) groups excluding carboxylic acids is 1. The van der Waals surface area contributed by atoms with Crippen LogP contribution in [-0.4, -0.2) is 45.2 Å². The monoisotopic (exact) mass is 425 g/mol. The molecule has 2 aromatic carbocycles. The zero-order chi connectivity index (χ0) is 22.0. The molecule has 2 aliphatic heterocycles. The van der Waals surface area contributed by atoms with Crippen molar-refractivity contribution in [3.8, 4) is 5.75 Å². The number of benzene rings is 2. The predicted molar refractivity (Wildman–Crippen MR) is 122 cm³/mol. The summed E-state index contributed by atoms with van der Waals surface area (Å²) in [5, 5.41) is 3.17. The molecule has 6 heteroatoms. The summed E-state index contributed by atoms with van der Waals surface area (Å²) in [6.45, 7) is 7.39. The molecule has 2 atom stereocenters. The van der Waals surface area contributed by atoms with Gasteiger partial charge in [-0.1, -0.05) is 19.9 Å². The van der Waals surface area contributed by atoms with Gasteiger partial charge in [-0.2, -0.15) is 0 Å². The lowest BCUT2D eigenvalue weighted by Crippen LogP contribution is -2.61. The van der Waals surface area contributed by atoms with Crippen LogP contribution in [0.15, 0.2) is 42.5 Å². The minimum atomic E-state index is -0.233. The van der Waals surface area contributed by atoms with Crippen molar-refractivity contribution >= 4 is 17.3 Å². The number of ether oxygens (including phenoxy) is 1. The van der Waals surface area contributed by atoms with Crippen molar-refractivity contribution in [1.29, 1.82) is 0 Å². The Kier molecular flexibility index (Phi) is 6.35. The zero-order valence-corrected chi connectivity index (χ0v) is 18.6. The summed E-state index contributed by atoms with van der Waals surface area (Å²) in [5.41, 5.74) is 3.35. The van der Waals surface area contributed by atoms with E-state index < -0.39 is 0 Å². The molecular weight excluding hydrogens is 393 g/mol. The number of hydrogen-bond donors (Lipinski definition) is 1. The second kappa shape index (κ2) is 9.16. The number of halogens is 1. The van der Waals surface area contributed by atoms with E-state index in [1.165, 1.54) is 17.7 Å². The Balaban J connectivity index is 1.60. The first kappa shape index (κ1) is 21.5. The molecule has 2 aliphatic rings. The molecule has 1 amide bonds. The van der Waals surface area contributed by atoms with E-state index >= 15 is 0 Å². The fourth-order valence-electron chi connectivity index (χ4n) is 4.71. The van der Waals surface area contributed by atoms with Gasteiger partial charge in [-0.15, -0.1) is 0 Å². The van der Waals surface area contributed by atoms with Crippen LogP contribution in [0.1, 0.15) is 25.8 Å². The number of methoxy groups -OCH3 is 1. The fourth-order valence-corrected chi connectivity index (χ4v) is 4.71. The maximum atomic E-state index is 13.4. The Hall–Kier alpha value is -2.76. The SMILES string of the molecule is COc1ccc2c(c1)N1CCN(c3ccc(F)cc3)C[C@H]1[C@@H](C(=O)NCCC(C)C)C2. The third-order valence-corrected chi connectivity index (χ3v) is 6.47. The molecule has 0 aromatic heterocycles. The lowest BCUT2D eigenvalue weighted by atomic mass is 9.83. The van der Waals surface area contributed by atoms with E-state index in [0.29, 0.717) is 18.9 Å². The molecule has 1 saturated heterocycles. The van der Waals surface area contributed by atoms with Crippen molar-refractivity contribution in [2.75, 3.05) is 43.1 Å². The van der Waals surface area contributed by atoms with E-state index in [1.54, 1.807) is 7.11 Å². The van der Waals surface area contributed by atoms with Gasteiger partial charge >= 0.3 is 0 Å². The Bertz CT molecular complexity index is 915. The number of fused-ring (bicyclic) bond motifs is 3. The van der Waals surface area contributed by atoms with Crippen LogP contribution in [0.5, 0.6) is 5.75 Å². The van der Waals surface area contributed by atoms with Crippen molar-refractivity contribution in [2.45, 2.75) is 32.7 Å². The Labute approximate surface area is 184 Å². The Morgan fingerprint density at radius 3 is 2.68 bits per heavy atom. The number of piperazine rings is 1. The lowest BCUT2D eigenvalue weighted by Gasteiger charge is -2.49. The number of anilines is 2. The van der Waals surface area contributed by atoms with Gasteiger partial charge in [0.15, 0.2) is 0 Å². The van der Waals surface area contributed by atoms with Crippen LogP contribution in [-0.2, 0) is 11.2 Å². The summed E-state index contributed by atoms with van der Waals surface area (Å²) in [4.78, 5) is 17.9. The maximum absolute atomic E-state index is 13.4. The zero-order valence-electron chi connectivity index (χ0n) is 18.6. The van der Waals surface area contributed by atoms with E-state index in [0.717, 1.165) is 43.2 Å². The smallest absolute Gasteiger partial charge is 0.225 e.